The van der Waals surface area contributed by atoms with Crippen LogP contribution in [0.4, 0.5) is 17.1 Å². The summed E-state index contributed by atoms with van der Waals surface area (Å²) in [5, 5.41) is 2.50. The third kappa shape index (κ3) is 3.22. The van der Waals surface area contributed by atoms with E-state index in [9.17, 15) is 0 Å². The van der Waals surface area contributed by atoms with Crippen LogP contribution in [0.1, 0.15) is 13.8 Å². The molecule has 0 amide bonds. The van der Waals surface area contributed by atoms with Gasteiger partial charge in [0, 0.05) is 27.6 Å². The lowest BCUT2D eigenvalue weighted by Crippen LogP contribution is -2.38. The van der Waals surface area contributed by atoms with Crippen LogP contribution in [0.15, 0.2) is 146 Å². The Morgan fingerprint density at radius 3 is 2.07 bits per heavy atom. The molecule has 5 aromatic carbocycles. The molecule has 6 aromatic rings. The summed E-state index contributed by atoms with van der Waals surface area (Å²) < 4.78 is 2.48. The summed E-state index contributed by atoms with van der Waals surface area (Å²) in [5.41, 5.74) is 14.1. The molecule has 0 N–H and O–H groups in total. The number of anilines is 3. The second-order valence-electron chi connectivity index (χ2n) is 11.2. The first-order valence-electron chi connectivity index (χ1n) is 14.5. The third-order valence-corrected chi connectivity index (χ3v) is 8.96. The van der Waals surface area contributed by atoms with E-state index in [2.05, 4.69) is 151 Å². The minimum absolute atomic E-state index is 0.0132. The fourth-order valence-corrected chi connectivity index (χ4v) is 7.15. The maximum absolute atomic E-state index is 4.59. The predicted octanol–water partition coefficient (Wildman–Crippen LogP) is 10.4. The molecule has 1 atom stereocenters. The van der Waals surface area contributed by atoms with Gasteiger partial charge in [-0.15, -0.1) is 0 Å². The van der Waals surface area contributed by atoms with E-state index in [1.165, 1.54) is 61.1 Å². The first-order chi connectivity index (χ1) is 20.6. The largest absolute Gasteiger partial charge is 0.319 e. The van der Waals surface area contributed by atoms with Crippen LogP contribution in [0.5, 0.6) is 0 Å². The number of para-hydroxylation sites is 4. The zero-order valence-corrected chi connectivity index (χ0v) is 23.9. The van der Waals surface area contributed by atoms with Crippen LogP contribution in [0, 0.1) is 0 Å². The van der Waals surface area contributed by atoms with Gasteiger partial charge in [-0.25, -0.2) is 0 Å². The molecular formula is C39H31N3. The second kappa shape index (κ2) is 9.12. The highest BCUT2D eigenvalue weighted by molar-refractivity contribution is 6.16. The van der Waals surface area contributed by atoms with Gasteiger partial charge in [0.25, 0.3) is 0 Å². The van der Waals surface area contributed by atoms with Gasteiger partial charge in [0.2, 0.25) is 0 Å². The minimum Gasteiger partial charge on any atom is -0.319 e. The highest BCUT2D eigenvalue weighted by atomic mass is 15.4. The number of allylic oxidation sites excluding steroid dienone is 3. The van der Waals surface area contributed by atoms with Gasteiger partial charge in [0.15, 0.2) is 0 Å². The summed E-state index contributed by atoms with van der Waals surface area (Å²) in [6.07, 6.45) is 3.87. The van der Waals surface area contributed by atoms with Gasteiger partial charge >= 0.3 is 0 Å². The van der Waals surface area contributed by atoms with Gasteiger partial charge in [-0.05, 0) is 54.8 Å². The molecule has 0 spiro atoms. The van der Waals surface area contributed by atoms with E-state index in [1.807, 2.05) is 12.2 Å². The molecule has 0 bridgehead atoms. The molecule has 1 aromatic heterocycles. The Hall–Kier alpha value is -5.28. The van der Waals surface area contributed by atoms with Gasteiger partial charge in [0.05, 0.1) is 33.8 Å². The molecular weight excluding hydrogens is 510 g/mol. The van der Waals surface area contributed by atoms with Crippen LogP contribution in [0.3, 0.4) is 0 Å². The zero-order chi connectivity index (χ0) is 28.5. The van der Waals surface area contributed by atoms with E-state index in [1.54, 1.807) is 0 Å². The van der Waals surface area contributed by atoms with E-state index in [0.717, 1.165) is 17.0 Å². The van der Waals surface area contributed by atoms with Crippen LogP contribution < -0.4 is 9.80 Å². The molecule has 2 aliphatic rings. The summed E-state index contributed by atoms with van der Waals surface area (Å²) >= 11 is 0. The molecule has 42 heavy (non-hydrogen) atoms. The maximum atomic E-state index is 4.59. The fourth-order valence-electron chi connectivity index (χ4n) is 7.15. The summed E-state index contributed by atoms with van der Waals surface area (Å²) in [4.78, 5) is 4.91. The Morgan fingerprint density at radius 2 is 1.26 bits per heavy atom. The van der Waals surface area contributed by atoms with Crippen molar-refractivity contribution in [2.75, 3.05) is 9.80 Å². The standard InChI is InChI=1S/C39H31N3/c1-5-14-25(2)26(3)40-27(4)41-37-24-13-20-33-31-18-9-11-22-35(31)42(39(33)37)34-21-10-8-17-30(34)28-15-6-7-16-29(28)32-19-12-23-36(40)38(32)41/h5-24,27H,1,3H2,2,4H3/b25-14-/t27-/m1/s1. The zero-order valence-electron chi connectivity index (χ0n) is 23.9. The monoisotopic (exact) mass is 541 g/mol. The van der Waals surface area contributed by atoms with Crippen molar-refractivity contribution in [3.8, 4) is 27.9 Å². The van der Waals surface area contributed by atoms with Crippen LogP contribution in [0.2, 0.25) is 0 Å². The van der Waals surface area contributed by atoms with Gasteiger partial charge < -0.3 is 14.4 Å². The van der Waals surface area contributed by atoms with Gasteiger partial charge in [-0.2, -0.15) is 0 Å². The van der Waals surface area contributed by atoms with Crippen LogP contribution in [-0.2, 0) is 0 Å². The number of hydrogen-bond acceptors (Lipinski definition) is 2. The number of hydrogen-bond donors (Lipinski definition) is 0. The molecule has 0 aliphatic carbocycles. The Labute approximate surface area is 246 Å². The Kier molecular flexibility index (Phi) is 5.32. The van der Waals surface area contributed by atoms with Crippen molar-refractivity contribution >= 4 is 38.9 Å². The molecule has 0 fully saturated rings. The summed E-state index contributed by atoms with van der Waals surface area (Å²) in [7, 11) is 0. The molecule has 202 valence electrons. The van der Waals surface area contributed by atoms with Crippen LogP contribution >= 0.6 is 0 Å². The number of benzene rings is 5. The Bertz CT molecular complexity index is 2130. The summed E-state index contributed by atoms with van der Waals surface area (Å²) in [6, 6.07) is 39.9. The lowest BCUT2D eigenvalue weighted by Gasteiger charge is -2.33. The maximum Gasteiger partial charge on any atom is 0.108 e. The average molecular weight is 542 g/mol. The summed E-state index contributed by atoms with van der Waals surface area (Å²) in [6.45, 7) is 12.9. The van der Waals surface area contributed by atoms with Gasteiger partial charge in [0.1, 0.15) is 6.17 Å². The van der Waals surface area contributed by atoms with Crippen LogP contribution in [0.25, 0.3) is 49.7 Å². The van der Waals surface area contributed by atoms with Crippen molar-refractivity contribution in [2.45, 2.75) is 20.0 Å². The predicted molar refractivity (Wildman–Crippen MR) is 179 cm³/mol. The van der Waals surface area contributed by atoms with Crippen molar-refractivity contribution < 1.29 is 0 Å². The number of fused-ring (bicyclic) bond motifs is 9. The lowest BCUT2D eigenvalue weighted by molar-refractivity contribution is 0.739. The minimum atomic E-state index is -0.0132. The molecule has 3 heteroatoms. The molecule has 0 saturated carbocycles. The van der Waals surface area contributed by atoms with Crippen molar-refractivity contribution in [3.05, 3.63) is 146 Å². The van der Waals surface area contributed by atoms with Gasteiger partial charge in [-0.1, -0.05) is 110 Å². The van der Waals surface area contributed by atoms with E-state index in [0.29, 0.717) is 0 Å². The van der Waals surface area contributed by atoms with E-state index < -0.39 is 0 Å². The smallest absolute Gasteiger partial charge is 0.108 e. The molecule has 3 heterocycles. The molecule has 0 unspecified atom stereocenters. The number of nitrogens with zero attached hydrogens (tertiary/aromatic N) is 3. The lowest BCUT2D eigenvalue weighted by atomic mass is 9.91. The fraction of sp³-hybridized carbons (Fsp3) is 0.0769. The third-order valence-electron chi connectivity index (χ3n) is 8.96. The second-order valence-corrected chi connectivity index (χ2v) is 11.2. The van der Waals surface area contributed by atoms with Gasteiger partial charge in [-0.3, -0.25) is 0 Å². The molecule has 2 aliphatic heterocycles. The molecule has 3 nitrogen and oxygen atoms in total. The Balaban J connectivity index is 1.59. The SMILES string of the molecule is C=C/C=C(/C)C(=C)N1c2cccc3c2N(c2cccc4c5ccccc5n(c24)-c2ccccc2-c2ccccc2-3)[C@@H]1C. The van der Waals surface area contributed by atoms with Crippen molar-refractivity contribution in [1.82, 2.24) is 4.57 Å². The van der Waals surface area contributed by atoms with Crippen molar-refractivity contribution in [2.24, 2.45) is 0 Å². The quantitative estimate of drug-likeness (QED) is 0.207. The van der Waals surface area contributed by atoms with Crippen LogP contribution in [-0.4, -0.2) is 10.7 Å². The van der Waals surface area contributed by atoms with E-state index in [4.69, 9.17) is 0 Å². The van der Waals surface area contributed by atoms with E-state index in [-0.39, 0.29) is 6.17 Å². The van der Waals surface area contributed by atoms with Crippen molar-refractivity contribution in [1.29, 1.82) is 0 Å². The highest BCUT2D eigenvalue weighted by Gasteiger charge is 2.39. The number of aromatic nitrogens is 1. The first-order valence-corrected chi connectivity index (χ1v) is 14.5. The molecule has 0 radical (unpaired) electrons. The highest BCUT2D eigenvalue weighted by Crippen LogP contribution is 2.55. The topological polar surface area (TPSA) is 11.4 Å². The summed E-state index contributed by atoms with van der Waals surface area (Å²) in [5.74, 6) is 0. The first kappa shape index (κ1) is 24.5. The van der Waals surface area contributed by atoms with E-state index >= 15 is 0 Å². The Morgan fingerprint density at radius 1 is 0.667 bits per heavy atom. The number of rotatable bonds is 3. The average Bonchev–Trinajstić information content (AvgIpc) is 3.52. The molecule has 0 saturated heterocycles. The normalized spacial score (nSPS) is 15.4. The molecule has 8 rings (SSSR count). The van der Waals surface area contributed by atoms with Crippen molar-refractivity contribution in [3.63, 3.8) is 0 Å².